The minimum absolute atomic E-state index is 0.117. The fourth-order valence-electron chi connectivity index (χ4n) is 2.61. The summed E-state index contributed by atoms with van der Waals surface area (Å²) in [5.74, 6) is 0.117. The van der Waals surface area contributed by atoms with Crippen molar-refractivity contribution in [3.63, 3.8) is 0 Å². The van der Waals surface area contributed by atoms with Gasteiger partial charge in [0.2, 0.25) is 0 Å². The Hall–Kier alpha value is -0.910. The standard InChI is InChI=1S/C16H25NO3S/c1-2-3-4-5-6-9-12-21(18,19)20-17-13-15-10-7-8-11-16(15)14-17/h7-8,10-11H,2-6,9,12-14H2,1H3. The first-order valence-electron chi connectivity index (χ1n) is 7.85. The van der Waals surface area contributed by atoms with Crippen molar-refractivity contribution in [1.82, 2.24) is 5.06 Å². The van der Waals surface area contributed by atoms with Gasteiger partial charge in [0.25, 0.3) is 10.1 Å². The number of fused-ring (bicyclic) bond motifs is 1. The molecule has 0 N–H and O–H groups in total. The third-order valence-electron chi connectivity index (χ3n) is 3.78. The minimum Gasteiger partial charge on any atom is -0.198 e. The lowest BCUT2D eigenvalue weighted by Gasteiger charge is -2.14. The summed E-state index contributed by atoms with van der Waals surface area (Å²) in [6.07, 6.45) is 6.39. The molecule has 0 spiro atoms. The molecule has 0 bridgehead atoms. The van der Waals surface area contributed by atoms with Crippen molar-refractivity contribution in [3.8, 4) is 0 Å². The third-order valence-corrected chi connectivity index (χ3v) is 5.01. The van der Waals surface area contributed by atoms with Gasteiger partial charge >= 0.3 is 0 Å². The summed E-state index contributed by atoms with van der Waals surface area (Å²) in [4.78, 5) is 0. The zero-order chi connectivity index (χ0) is 15.1. The van der Waals surface area contributed by atoms with Gasteiger partial charge in [-0.3, -0.25) is 0 Å². The number of nitrogens with zero attached hydrogens (tertiary/aromatic N) is 1. The highest BCUT2D eigenvalue weighted by molar-refractivity contribution is 7.86. The molecule has 2 rings (SSSR count). The molecule has 0 aromatic heterocycles. The molecule has 0 saturated carbocycles. The molecule has 21 heavy (non-hydrogen) atoms. The van der Waals surface area contributed by atoms with Crippen LogP contribution in [0.15, 0.2) is 24.3 Å². The topological polar surface area (TPSA) is 46.6 Å². The Morgan fingerprint density at radius 3 is 2.19 bits per heavy atom. The van der Waals surface area contributed by atoms with Crippen LogP contribution in [0.25, 0.3) is 0 Å². The smallest absolute Gasteiger partial charge is 0.198 e. The van der Waals surface area contributed by atoms with E-state index in [4.69, 9.17) is 4.28 Å². The summed E-state index contributed by atoms with van der Waals surface area (Å²) < 4.78 is 29.1. The second-order valence-electron chi connectivity index (χ2n) is 5.67. The summed E-state index contributed by atoms with van der Waals surface area (Å²) in [6.45, 7) is 3.27. The molecular weight excluding hydrogens is 286 g/mol. The lowest BCUT2D eigenvalue weighted by Crippen LogP contribution is -2.24. The van der Waals surface area contributed by atoms with Gasteiger partial charge in [-0.25, -0.2) is 0 Å². The average molecular weight is 311 g/mol. The van der Waals surface area contributed by atoms with E-state index in [1.165, 1.54) is 24.3 Å². The number of hydrogen-bond acceptors (Lipinski definition) is 4. The molecule has 0 fully saturated rings. The largest absolute Gasteiger partial charge is 0.283 e. The first-order valence-corrected chi connectivity index (χ1v) is 9.42. The zero-order valence-corrected chi connectivity index (χ0v) is 13.6. The normalized spacial score (nSPS) is 15.3. The number of unbranched alkanes of at least 4 members (excludes halogenated alkanes) is 5. The molecule has 1 heterocycles. The van der Waals surface area contributed by atoms with E-state index >= 15 is 0 Å². The van der Waals surface area contributed by atoms with Crippen molar-refractivity contribution >= 4 is 10.1 Å². The van der Waals surface area contributed by atoms with Gasteiger partial charge in [0.15, 0.2) is 0 Å². The monoisotopic (exact) mass is 311 g/mol. The SMILES string of the molecule is CCCCCCCCS(=O)(=O)ON1Cc2ccccc2C1. The highest BCUT2D eigenvalue weighted by Crippen LogP contribution is 2.23. The van der Waals surface area contributed by atoms with Gasteiger partial charge in [-0.05, 0) is 17.5 Å². The molecule has 1 aromatic carbocycles. The fraction of sp³-hybridized carbons (Fsp3) is 0.625. The maximum atomic E-state index is 12.0. The van der Waals surface area contributed by atoms with Gasteiger partial charge in [-0.15, -0.1) is 0 Å². The van der Waals surface area contributed by atoms with E-state index in [1.807, 2.05) is 24.3 Å². The van der Waals surface area contributed by atoms with E-state index in [1.54, 1.807) is 0 Å². The minimum atomic E-state index is -3.45. The van der Waals surface area contributed by atoms with Crippen LogP contribution in [0.1, 0.15) is 56.6 Å². The molecule has 0 amide bonds. The van der Waals surface area contributed by atoms with Gasteiger partial charge in [-0.1, -0.05) is 63.3 Å². The van der Waals surface area contributed by atoms with E-state index in [9.17, 15) is 8.42 Å². The van der Waals surface area contributed by atoms with Crippen LogP contribution in [0.2, 0.25) is 0 Å². The molecule has 4 nitrogen and oxygen atoms in total. The van der Waals surface area contributed by atoms with Crippen LogP contribution in [-0.2, 0) is 27.5 Å². The molecule has 1 aromatic rings. The third kappa shape index (κ3) is 5.41. The molecule has 0 saturated heterocycles. The summed E-state index contributed by atoms with van der Waals surface area (Å²) >= 11 is 0. The fourth-order valence-corrected chi connectivity index (χ4v) is 3.67. The molecule has 118 valence electrons. The lowest BCUT2D eigenvalue weighted by atomic mass is 10.1. The van der Waals surface area contributed by atoms with E-state index in [0.717, 1.165) is 24.0 Å². The maximum Gasteiger partial charge on any atom is 0.283 e. The van der Waals surface area contributed by atoms with E-state index in [2.05, 4.69) is 6.92 Å². The van der Waals surface area contributed by atoms with Gasteiger partial charge < -0.3 is 0 Å². The first kappa shape index (κ1) is 16.5. The Labute approximate surface area is 128 Å². The number of benzene rings is 1. The van der Waals surface area contributed by atoms with Crippen molar-refractivity contribution in [2.24, 2.45) is 0 Å². The van der Waals surface area contributed by atoms with Crippen molar-refractivity contribution < 1.29 is 12.7 Å². The van der Waals surface area contributed by atoms with Gasteiger partial charge in [0.05, 0.1) is 18.8 Å². The van der Waals surface area contributed by atoms with Crippen LogP contribution in [0.3, 0.4) is 0 Å². The summed E-state index contributed by atoms with van der Waals surface area (Å²) in [6, 6.07) is 7.96. The molecule has 0 aliphatic carbocycles. The van der Waals surface area contributed by atoms with Gasteiger partial charge in [0, 0.05) is 0 Å². The summed E-state index contributed by atoms with van der Waals surface area (Å²) in [5.41, 5.74) is 2.29. The van der Waals surface area contributed by atoms with Crippen LogP contribution >= 0.6 is 0 Å². The second kappa shape index (κ2) is 7.92. The van der Waals surface area contributed by atoms with Crippen molar-refractivity contribution in [2.75, 3.05) is 5.75 Å². The van der Waals surface area contributed by atoms with Crippen LogP contribution in [0.5, 0.6) is 0 Å². The predicted molar refractivity (Wildman–Crippen MR) is 83.9 cm³/mol. The Bertz CT molecular complexity index is 517. The van der Waals surface area contributed by atoms with E-state index < -0.39 is 10.1 Å². The molecule has 1 aliphatic rings. The summed E-state index contributed by atoms with van der Waals surface area (Å²) in [7, 11) is -3.45. The molecular formula is C16H25NO3S. The number of hydroxylamine groups is 2. The van der Waals surface area contributed by atoms with E-state index in [-0.39, 0.29) is 5.75 Å². The Kier molecular flexibility index (Phi) is 6.21. The van der Waals surface area contributed by atoms with Gasteiger partial charge in [-0.2, -0.15) is 17.8 Å². The van der Waals surface area contributed by atoms with Crippen molar-refractivity contribution in [2.45, 2.75) is 58.5 Å². The predicted octanol–water partition coefficient (Wildman–Crippen LogP) is 3.62. The quantitative estimate of drug-likeness (QED) is 0.653. The van der Waals surface area contributed by atoms with Crippen LogP contribution in [0, 0.1) is 0 Å². The number of rotatable bonds is 9. The molecule has 1 aliphatic heterocycles. The second-order valence-corrected chi connectivity index (χ2v) is 7.34. The molecule has 5 heteroatoms. The highest BCUT2D eigenvalue weighted by atomic mass is 32.2. The Morgan fingerprint density at radius 2 is 1.57 bits per heavy atom. The summed E-state index contributed by atoms with van der Waals surface area (Å²) in [5, 5.41) is 1.54. The van der Waals surface area contributed by atoms with Crippen LogP contribution < -0.4 is 0 Å². The van der Waals surface area contributed by atoms with Gasteiger partial charge in [0.1, 0.15) is 0 Å². The zero-order valence-electron chi connectivity index (χ0n) is 12.8. The van der Waals surface area contributed by atoms with Crippen molar-refractivity contribution in [3.05, 3.63) is 35.4 Å². The maximum absolute atomic E-state index is 12.0. The lowest BCUT2D eigenvalue weighted by molar-refractivity contribution is -0.0571. The molecule has 0 unspecified atom stereocenters. The van der Waals surface area contributed by atoms with Crippen LogP contribution in [0.4, 0.5) is 0 Å². The average Bonchev–Trinajstić information content (AvgIpc) is 2.83. The van der Waals surface area contributed by atoms with Crippen LogP contribution in [-0.4, -0.2) is 19.2 Å². The highest BCUT2D eigenvalue weighted by Gasteiger charge is 2.24. The molecule has 0 atom stereocenters. The number of hydrogen-bond donors (Lipinski definition) is 0. The Balaban J connectivity index is 1.70. The van der Waals surface area contributed by atoms with E-state index in [0.29, 0.717) is 19.5 Å². The Morgan fingerprint density at radius 1 is 1.00 bits per heavy atom. The van der Waals surface area contributed by atoms with Crippen molar-refractivity contribution in [1.29, 1.82) is 0 Å². The molecule has 0 radical (unpaired) electrons. The first-order chi connectivity index (χ1) is 10.1.